The number of para-hydroxylation sites is 1. The zero-order valence-electron chi connectivity index (χ0n) is 13.5. The molecule has 6 nitrogen and oxygen atoms in total. The zero-order chi connectivity index (χ0) is 16.7. The second-order valence-corrected chi connectivity index (χ2v) is 4.95. The smallest absolute Gasteiger partial charge is 0.256 e. The average molecular weight is 318 g/mol. The van der Waals surface area contributed by atoms with E-state index < -0.39 is 0 Å². The van der Waals surface area contributed by atoms with Crippen molar-refractivity contribution in [3.63, 3.8) is 0 Å². The predicted molar refractivity (Wildman–Crippen MR) is 89.2 cm³/mol. The van der Waals surface area contributed by atoms with Crippen molar-refractivity contribution in [1.82, 2.24) is 10.3 Å². The maximum Gasteiger partial charge on any atom is 0.256 e. The Hall–Kier alpha value is -2.34. The third-order valence-electron chi connectivity index (χ3n) is 3.38. The molecule has 6 heteroatoms. The summed E-state index contributed by atoms with van der Waals surface area (Å²) in [5, 5.41) is 3.18. The number of nitrogens with one attached hydrogen (secondary N) is 2. The fourth-order valence-corrected chi connectivity index (χ4v) is 2.28. The monoisotopic (exact) mass is 318 g/mol. The molecule has 1 aromatic heterocycles. The Kier molecular flexibility index (Phi) is 6.17. The molecule has 23 heavy (non-hydrogen) atoms. The summed E-state index contributed by atoms with van der Waals surface area (Å²) in [7, 11) is 0. The lowest BCUT2D eigenvalue weighted by atomic mass is 10.1. The highest BCUT2D eigenvalue weighted by Crippen LogP contribution is 2.21. The number of aromatic amines is 1. The number of ether oxygens (including phenoxy) is 2. The molecule has 2 N–H and O–H groups in total. The first-order valence-corrected chi connectivity index (χ1v) is 7.82. The summed E-state index contributed by atoms with van der Waals surface area (Å²) in [4.78, 5) is 27.6. The molecular formula is C17H22N2O4. The maximum atomic E-state index is 12.5. The molecule has 0 atom stereocenters. The van der Waals surface area contributed by atoms with Crippen LogP contribution in [-0.4, -0.2) is 37.3 Å². The summed E-state index contributed by atoms with van der Waals surface area (Å²) < 4.78 is 10.7. The van der Waals surface area contributed by atoms with Crippen LogP contribution in [0, 0.1) is 0 Å². The van der Waals surface area contributed by atoms with Crippen LogP contribution in [0.1, 0.15) is 30.6 Å². The Labute approximate surface area is 134 Å². The van der Waals surface area contributed by atoms with E-state index in [1.807, 2.05) is 13.8 Å². The van der Waals surface area contributed by atoms with E-state index in [0.717, 1.165) is 0 Å². The fourth-order valence-electron chi connectivity index (χ4n) is 2.28. The first kappa shape index (κ1) is 17.0. The van der Waals surface area contributed by atoms with Crippen LogP contribution in [0.4, 0.5) is 0 Å². The molecule has 1 heterocycles. The quantitative estimate of drug-likeness (QED) is 0.730. The van der Waals surface area contributed by atoms with Crippen LogP contribution in [-0.2, 0) is 4.74 Å². The summed E-state index contributed by atoms with van der Waals surface area (Å²) >= 11 is 0. The van der Waals surface area contributed by atoms with Crippen LogP contribution in [0.15, 0.2) is 29.2 Å². The number of hydrogen-bond donors (Lipinski definition) is 2. The lowest BCUT2D eigenvalue weighted by Crippen LogP contribution is -2.30. The molecule has 2 rings (SSSR count). The predicted octanol–water partition coefficient (Wildman–Crippen LogP) is 2.08. The average Bonchev–Trinajstić information content (AvgIpc) is 2.56. The standard InChI is InChI=1S/C17H22N2O4/c1-3-22-10-6-9-18-17(21)13-11-19-15-12(16(13)20)7-5-8-14(15)23-4-2/h5,7-8,11H,3-4,6,9-10H2,1-2H3,(H,18,21)(H,19,20). The SMILES string of the molecule is CCOCCCNC(=O)c1c[nH]c2c(OCC)cccc2c1=O. The molecule has 0 aliphatic rings. The minimum Gasteiger partial charge on any atom is -0.492 e. The van der Waals surface area contributed by atoms with Crippen molar-refractivity contribution in [2.45, 2.75) is 20.3 Å². The Morgan fingerprint density at radius 3 is 2.83 bits per heavy atom. The number of H-pyrrole nitrogens is 1. The van der Waals surface area contributed by atoms with E-state index in [0.29, 0.717) is 49.4 Å². The van der Waals surface area contributed by atoms with Gasteiger partial charge in [0.15, 0.2) is 0 Å². The van der Waals surface area contributed by atoms with Gasteiger partial charge in [-0.1, -0.05) is 6.07 Å². The van der Waals surface area contributed by atoms with Crippen molar-refractivity contribution in [2.75, 3.05) is 26.4 Å². The van der Waals surface area contributed by atoms with Crippen molar-refractivity contribution < 1.29 is 14.3 Å². The highest BCUT2D eigenvalue weighted by atomic mass is 16.5. The van der Waals surface area contributed by atoms with Gasteiger partial charge in [-0.2, -0.15) is 0 Å². The van der Waals surface area contributed by atoms with Crippen LogP contribution in [0.5, 0.6) is 5.75 Å². The topological polar surface area (TPSA) is 80.4 Å². The van der Waals surface area contributed by atoms with E-state index >= 15 is 0 Å². The van der Waals surface area contributed by atoms with Crippen molar-refractivity contribution in [3.05, 3.63) is 40.2 Å². The second kappa shape index (κ2) is 8.33. The number of fused-ring (bicyclic) bond motifs is 1. The molecule has 0 saturated heterocycles. The van der Waals surface area contributed by atoms with Crippen molar-refractivity contribution >= 4 is 16.8 Å². The van der Waals surface area contributed by atoms with E-state index in [2.05, 4.69) is 10.3 Å². The maximum absolute atomic E-state index is 12.5. The Morgan fingerprint density at radius 1 is 1.26 bits per heavy atom. The third-order valence-corrected chi connectivity index (χ3v) is 3.38. The van der Waals surface area contributed by atoms with Crippen LogP contribution < -0.4 is 15.5 Å². The molecule has 124 valence electrons. The van der Waals surface area contributed by atoms with E-state index in [1.54, 1.807) is 18.2 Å². The number of benzene rings is 1. The molecule has 1 amide bonds. The number of pyridine rings is 1. The van der Waals surface area contributed by atoms with E-state index in [9.17, 15) is 9.59 Å². The van der Waals surface area contributed by atoms with Gasteiger partial charge in [-0.25, -0.2) is 0 Å². The summed E-state index contributed by atoms with van der Waals surface area (Å²) in [6.45, 7) is 6.01. The number of carbonyl (C=O) groups is 1. The van der Waals surface area contributed by atoms with E-state index in [-0.39, 0.29) is 16.9 Å². The summed E-state index contributed by atoms with van der Waals surface area (Å²) in [6, 6.07) is 5.21. The molecule has 0 radical (unpaired) electrons. The van der Waals surface area contributed by atoms with Gasteiger partial charge in [-0.15, -0.1) is 0 Å². The van der Waals surface area contributed by atoms with Gasteiger partial charge < -0.3 is 19.8 Å². The molecule has 1 aromatic carbocycles. The van der Waals surface area contributed by atoms with Crippen LogP contribution in [0.2, 0.25) is 0 Å². The van der Waals surface area contributed by atoms with Crippen LogP contribution in [0.25, 0.3) is 10.9 Å². The molecule has 2 aromatic rings. The largest absolute Gasteiger partial charge is 0.492 e. The number of amides is 1. The molecule has 0 spiro atoms. The number of aromatic nitrogens is 1. The molecule has 0 bridgehead atoms. The summed E-state index contributed by atoms with van der Waals surface area (Å²) in [6.07, 6.45) is 2.14. The Balaban J connectivity index is 2.17. The van der Waals surface area contributed by atoms with E-state index in [4.69, 9.17) is 9.47 Å². The number of carbonyl (C=O) groups excluding carboxylic acids is 1. The van der Waals surface area contributed by atoms with Gasteiger partial charge in [0.05, 0.1) is 17.5 Å². The normalized spacial score (nSPS) is 10.7. The molecule has 0 saturated carbocycles. The fraction of sp³-hybridized carbons (Fsp3) is 0.412. The molecular weight excluding hydrogens is 296 g/mol. The third kappa shape index (κ3) is 4.10. The second-order valence-electron chi connectivity index (χ2n) is 4.95. The van der Waals surface area contributed by atoms with Crippen LogP contribution in [0.3, 0.4) is 0 Å². The van der Waals surface area contributed by atoms with Gasteiger partial charge in [-0.05, 0) is 32.4 Å². The van der Waals surface area contributed by atoms with E-state index in [1.165, 1.54) is 6.20 Å². The van der Waals surface area contributed by atoms with Gasteiger partial charge in [-0.3, -0.25) is 9.59 Å². The van der Waals surface area contributed by atoms with Gasteiger partial charge in [0.25, 0.3) is 5.91 Å². The minimum absolute atomic E-state index is 0.0996. The summed E-state index contributed by atoms with van der Waals surface area (Å²) in [5.41, 5.74) is 0.400. The Morgan fingerprint density at radius 2 is 2.09 bits per heavy atom. The van der Waals surface area contributed by atoms with Gasteiger partial charge in [0.2, 0.25) is 5.43 Å². The number of rotatable bonds is 8. The van der Waals surface area contributed by atoms with Gasteiger partial charge in [0.1, 0.15) is 11.3 Å². The zero-order valence-corrected chi connectivity index (χ0v) is 13.5. The Bertz CT molecular complexity index is 724. The molecule has 0 fully saturated rings. The molecule has 0 aliphatic heterocycles. The van der Waals surface area contributed by atoms with Gasteiger partial charge in [0, 0.05) is 26.0 Å². The highest BCUT2D eigenvalue weighted by molar-refractivity contribution is 5.97. The van der Waals surface area contributed by atoms with Crippen molar-refractivity contribution in [2.24, 2.45) is 0 Å². The minimum atomic E-state index is -0.383. The number of hydrogen-bond acceptors (Lipinski definition) is 4. The van der Waals surface area contributed by atoms with Crippen molar-refractivity contribution in [3.8, 4) is 5.75 Å². The highest BCUT2D eigenvalue weighted by Gasteiger charge is 2.14. The lowest BCUT2D eigenvalue weighted by Gasteiger charge is -2.09. The first-order chi connectivity index (χ1) is 11.2. The lowest BCUT2D eigenvalue weighted by molar-refractivity contribution is 0.0943. The van der Waals surface area contributed by atoms with Gasteiger partial charge >= 0.3 is 0 Å². The summed E-state index contributed by atoms with van der Waals surface area (Å²) in [5.74, 6) is 0.220. The van der Waals surface area contributed by atoms with Crippen molar-refractivity contribution in [1.29, 1.82) is 0 Å². The van der Waals surface area contributed by atoms with Crippen LogP contribution >= 0.6 is 0 Å². The first-order valence-electron chi connectivity index (χ1n) is 7.82. The molecule has 0 aliphatic carbocycles. The molecule has 0 unspecified atom stereocenters.